The second-order valence-corrected chi connectivity index (χ2v) is 5.05. The molecule has 2 atom stereocenters. The number of nitrogens with one attached hydrogen (secondary N) is 1. The molecule has 15 heavy (non-hydrogen) atoms. The van der Waals surface area contributed by atoms with E-state index in [9.17, 15) is 0 Å². The van der Waals surface area contributed by atoms with Crippen molar-refractivity contribution in [2.24, 2.45) is 5.92 Å². The Morgan fingerprint density at radius 1 is 1.27 bits per heavy atom. The maximum absolute atomic E-state index is 5.44. The minimum Gasteiger partial charge on any atom is -0.379 e. The molecule has 1 N–H and O–H groups in total. The van der Waals surface area contributed by atoms with Gasteiger partial charge in [-0.1, -0.05) is 20.8 Å². The highest BCUT2D eigenvalue weighted by Gasteiger charge is 2.20. The van der Waals surface area contributed by atoms with E-state index in [2.05, 4.69) is 39.9 Å². The molecule has 0 amide bonds. The summed E-state index contributed by atoms with van der Waals surface area (Å²) in [6, 6.07) is 0.655. The average Bonchev–Trinajstić information content (AvgIpc) is 2.22. The van der Waals surface area contributed by atoms with Crippen LogP contribution in [0, 0.1) is 5.92 Å². The van der Waals surface area contributed by atoms with E-state index in [4.69, 9.17) is 4.74 Å². The maximum Gasteiger partial charge on any atom is 0.0622 e. The lowest BCUT2D eigenvalue weighted by molar-refractivity contribution is 0.00966. The molecule has 2 heteroatoms. The van der Waals surface area contributed by atoms with Crippen LogP contribution in [0.25, 0.3) is 0 Å². The maximum atomic E-state index is 5.44. The monoisotopic (exact) mass is 215 g/mol. The molecule has 0 fully saturated rings. The number of rotatable bonds is 8. The van der Waals surface area contributed by atoms with Gasteiger partial charge in [0.15, 0.2) is 0 Å². The Bertz CT molecular complexity index is 157. The molecule has 0 radical (unpaired) electrons. The van der Waals surface area contributed by atoms with Crippen molar-refractivity contribution in [2.75, 3.05) is 13.7 Å². The van der Waals surface area contributed by atoms with E-state index in [1.54, 1.807) is 7.11 Å². The highest BCUT2D eigenvalue weighted by Crippen LogP contribution is 2.21. The van der Waals surface area contributed by atoms with Gasteiger partial charge in [-0.3, -0.25) is 0 Å². The fraction of sp³-hybridized carbons (Fsp3) is 1.00. The van der Waals surface area contributed by atoms with Crippen LogP contribution in [0.5, 0.6) is 0 Å². The smallest absolute Gasteiger partial charge is 0.0622 e. The van der Waals surface area contributed by atoms with E-state index in [-0.39, 0.29) is 5.60 Å². The van der Waals surface area contributed by atoms with E-state index < -0.39 is 0 Å². The summed E-state index contributed by atoms with van der Waals surface area (Å²) in [4.78, 5) is 0. The van der Waals surface area contributed by atoms with Crippen molar-refractivity contribution in [2.45, 2.75) is 65.5 Å². The first-order valence-electron chi connectivity index (χ1n) is 6.25. The summed E-state index contributed by atoms with van der Waals surface area (Å²) in [5.74, 6) is 0.726. The summed E-state index contributed by atoms with van der Waals surface area (Å²) < 4.78 is 5.44. The van der Waals surface area contributed by atoms with Crippen LogP contribution in [-0.2, 0) is 4.74 Å². The Hall–Kier alpha value is -0.0800. The topological polar surface area (TPSA) is 21.3 Å². The molecule has 0 aliphatic rings. The Kier molecular flexibility index (Phi) is 7.20. The summed E-state index contributed by atoms with van der Waals surface area (Å²) >= 11 is 0. The largest absolute Gasteiger partial charge is 0.379 e. The summed E-state index contributed by atoms with van der Waals surface area (Å²) in [6.07, 6.45) is 3.57. The third kappa shape index (κ3) is 6.16. The molecular formula is C13H29NO. The van der Waals surface area contributed by atoms with E-state index in [0.717, 1.165) is 18.9 Å². The predicted molar refractivity (Wildman–Crippen MR) is 67.2 cm³/mol. The summed E-state index contributed by atoms with van der Waals surface area (Å²) in [5, 5.41) is 3.55. The third-order valence-corrected chi connectivity index (χ3v) is 3.35. The highest BCUT2D eigenvalue weighted by molar-refractivity contribution is 4.75. The zero-order valence-corrected chi connectivity index (χ0v) is 11.4. The van der Waals surface area contributed by atoms with Gasteiger partial charge in [0, 0.05) is 13.2 Å². The predicted octanol–water partition coefficient (Wildman–Crippen LogP) is 3.22. The van der Waals surface area contributed by atoms with Gasteiger partial charge in [-0.05, 0) is 45.6 Å². The van der Waals surface area contributed by atoms with E-state index in [0.29, 0.717) is 6.04 Å². The highest BCUT2D eigenvalue weighted by atomic mass is 16.5. The molecule has 2 nitrogen and oxygen atoms in total. The second kappa shape index (κ2) is 7.24. The molecule has 0 rings (SSSR count). The van der Waals surface area contributed by atoms with Crippen molar-refractivity contribution in [1.82, 2.24) is 5.32 Å². The molecular weight excluding hydrogens is 186 g/mol. The standard InChI is InChI=1S/C13H29NO/c1-7-12(14-8-2)11(3)9-10-13(4,5)15-6/h11-12,14H,7-10H2,1-6H3. The number of methoxy groups -OCH3 is 1. The van der Waals surface area contributed by atoms with Crippen molar-refractivity contribution in [3.8, 4) is 0 Å². The van der Waals surface area contributed by atoms with Gasteiger partial charge in [-0.15, -0.1) is 0 Å². The van der Waals surface area contributed by atoms with Crippen LogP contribution in [-0.4, -0.2) is 25.3 Å². The lowest BCUT2D eigenvalue weighted by Crippen LogP contribution is -2.35. The van der Waals surface area contributed by atoms with Crippen LogP contribution in [0.15, 0.2) is 0 Å². The van der Waals surface area contributed by atoms with Crippen LogP contribution in [0.4, 0.5) is 0 Å². The van der Waals surface area contributed by atoms with Gasteiger partial charge in [0.2, 0.25) is 0 Å². The molecule has 0 aromatic carbocycles. The molecule has 0 heterocycles. The quantitative estimate of drug-likeness (QED) is 0.671. The number of hydrogen-bond donors (Lipinski definition) is 1. The van der Waals surface area contributed by atoms with Crippen molar-refractivity contribution in [3.05, 3.63) is 0 Å². The Morgan fingerprint density at radius 3 is 2.27 bits per heavy atom. The van der Waals surface area contributed by atoms with Gasteiger partial charge in [-0.25, -0.2) is 0 Å². The van der Waals surface area contributed by atoms with Gasteiger partial charge in [0.25, 0.3) is 0 Å². The van der Waals surface area contributed by atoms with Crippen molar-refractivity contribution < 1.29 is 4.74 Å². The zero-order valence-electron chi connectivity index (χ0n) is 11.4. The Morgan fingerprint density at radius 2 is 1.87 bits per heavy atom. The van der Waals surface area contributed by atoms with E-state index >= 15 is 0 Å². The van der Waals surface area contributed by atoms with Gasteiger partial charge < -0.3 is 10.1 Å². The fourth-order valence-electron chi connectivity index (χ4n) is 1.89. The summed E-state index contributed by atoms with van der Waals surface area (Å²) in [6.45, 7) is 12.2. The van der Waals surface area contributed by atoms with Gasteiger partial charge >= 0.3 is 0 Å². The molecule has 0 aliphatic carbocycles. The van der Waals surface area contributed by atoms with Gasteiger partial charge in [-0.2, -0.15) is 0 Å². The first-order chi connectivity index (χ1) is 6.96. The van der Waals surface area contributed by atoms with Crippen molar-refractivity contribution in [1.29, 1.82) is 0 Å². The summed E-state index contributed by atoms with van der Waals surface area (Å²) in [5.41, 5.74) is 0.0266. The van der Waals surface area contributed by atoms with Gasteiger partial charge in [0.1, 0.15) is 0 Å². The minimum absolute atomic E-state index is 0.0266. The minimum atomic E-state index is 0.0266. The van der Waals surface area contributed by atoms with Crippen LogP contribution < -0.4 is 5.32 Å². The normalized spacial score (nSPS) is 16.4. The van der Waals surface area contributed by atoms with Crippen LogP contribution in [0.1, 0.15) is 53.9 Å². The lowest BCUT2D eigenvalue weighted by Gasteiger charge is -2.28. The zero-order chi connectivity index (χ0) is 11.9. The molecule has 0 bridgehead atoms. The average molecular weight is 215 g/mol. The van der Waals surface area contributed by atoms with Crippen molar-refractivity contribution in [3.63, 3.8) is 0 Å². The molecule has 92 valence electrons. The Labute approximate surface area is 95.8 Å². The first kappa shape index (κ1) is 14.9. The number of ether oxygens (including phenoxy) is 1. The fourth-order valence-corrected chi connectivity index (χ4v) is 1.89. The molecule has 0 spiro atoms. The van der Waals surface area contributed by atoms with Crippen LogP contribution in [0.2, 0.25) is 0 Å². The van der Waals surface area contributed by atoms with Crippen LogP contribution in [0.3, 0.4) is 0 Å². The lowest BCUT2D eigenvalue weighted by atomic mass is 9.90. The molecule has 0 aromatic heterocycles. The summed E-state index contributed by atoms with van der Waals surface area (Å²) in [7, 11) is 1.80. The van der Waals surface area contributed by atoms with E-state index in [1.165, 1.54) is 12.8 Å². The SMILES string of the molecule is CCNC(CC)C(C)CCC(C)(C)OC. The van der Waals surface area contributed by atoms with Gasteiger partial charge in [0.05, 0.1) is 5.60 Å². The number of hydrogen-bond acceptors (Lipinski definition) is 2. The molecule has 0 aromatic rings. The third-order valence-electron chi connectivity index (χ3n) is 3.35. The molecule has 0 saturated heterocycles. The van der Waals surface area contributed by atoms with E-state index in [1.807, 2.05) is 0 Å². The van der Waals surface area contributed by atoms with Crippen LogP contribution >= 0.6 is 0 Å². The molecule has 2 unspecified atom stereocenters. The molecule has 0 aliphatic heterocycles. The van der Waals surface area contributed by atoms with Crippen molar-refractivity contribution >= 4 is 0 Å². The second-order valence-electron chi connectivity index (χ2n) is 5.05. The molecule has 0 saturated carbocycles. The Balaban J connectivity index is 3.94. The first-order valence-corrected chi connectivity index (χ1v) is 6.25.